The van der Waals surface area contributed by atoms with Crippen molar-refractivity contribution in [1.29, 1.82) is 0 Å². The second-order valence-corrected chi connectivity index (χ2v) is 8.03. The van der Waals surface area contributed by atoms with Gasteiger partial charge < -0.3 is 4.74 Å². The molecule has 1 saturated carbocycles. The maximum Gasteiger partial charge on any atom is 0.302 e. The minimum Gasteiger partial charge on any atom is -0.462 e. The van der Waals surface area contributed by atoms with Crippen LogP contribution in [0.5, 0.6) is 0 Å². The molecule has 0 N–H and O–H groups in total. The van der Waals surface area contributed by atoms with Gasteiger partial charge in [-0.15, -0.1) is 0 Å². The van der Waals surface area contributed by atoms with Crippen molar-refractivity contribution in [3.63, 3.8) is 0 Å². The Bertz CT molecular complexity index is 494. The molecule has 24 heavy (non-hydrogen) atoms. The first-order valence-electron chi connectivity index (χ1n) is 9.34. The van der Waals surface area contributed by atoms with Gasteiger partial charge >= 0.3 is 5.97 Å². The quantitative estimate of drug-likeness (QED) is 0.380. The van der Waals surface area contributed by atoms with Crippen molar-refractivity contribution < 1.29 is 9.53 Å². The summed E-state index contributed by atoms with van der Waals surface area (Å²) in [4.78, 5) is 10.7. The topological polar surface area (TPSA) is 26.3 Å². The molecule has 2 heteroatoms. The molecule has 0 bridgehead atoms. The molecule has 1 aliphatic rings. The predicted molar refractivity (Wildman–Crippen MR) is 103 cm³/mol. The Morgan fingerprint density at radius 2 is 1.88 bits per heavy atom. The van der Waals surface area contributed by atoms with Crippen LogP contribution in [0.15, 0.2) is 35.5 Å². The van der Waals surface area contributed by atoms with Crippen LogP contribution in [0.4, 0.5) is 0 Å². The van der Waals surface area contributed by atoms with E-state index in [0.29, 0.717) is 17.9 Å². The van der Waals surface area contributed by atoms with E-state index in [4.69, 9.17) is 4.74 Å². The van der Waals surface area contributed by atoms with Gasteiger partial charge in [0.05, 0.1) is 0 Å². The van der Waals surface area contributed by atoms with Crippen LogP contribution in [0, 0.1) is 11.3 Å². The smallest absolute Gasteiger partial charge is 0.302 e. The fraction of sp³-hybridized carbons (Fsp3) is 0.682. The summed E-state index contributed by atoms with van der Waals surface area (Å²) in [6, 6.07) is 0. The molecule has 0 heterocycles. The number of carbonyl (C=O) groups is 1. The van der Waals surface area contributed by atoms with E-state index in [9.17, 15) is 4.79 Å². The molecular weight excluding hydrogens is 296 g/mol. The minimum absolute atomic E-state index is 0.220. The van der Waals surface area contributed by atoms with Gasteiger partial charge in [-0.05, 0) is 76.2 Å². The molecule has 0 spiro atoms. The summed E-state index contributed by atoms with van der Waals surface area (Å²) in [6.45, 7) is 15.3. The number of esters is 1. The van der Waals surface area contributed by atoms with Gasteiger partial charge in [-0.3, -0.25) is 4.79 Å². The van der Waals surface area contributed by atoms with Crippen molar-refractivity contribution >= 4 is 5.97 Å². The molecule has 0 amide bonds. The third kappa shape index (κ3) is 7.51. The molecule has 0 aromatic carbocycles. The molecule has 0 aromatic rings. The Labute approximate surface area is 149 Å². The standard InChI is InChI=1S/C22H36O2/c1-17(9-7-10-18(2)14-16-24-20(4)23)12-13-21-19(3)11-8-15-22(21,5)6/h9,14,21H,3,7-8,10-13,15-16H2,1-2,4-6H3. The number of hydrogen-bond acceptors (Lipinski definition) is 2. The van der Waals surface area contributed by atoms with E-state index in [-0.39, 0.29) is 5.97 Å². The van der Waals surface area contributed by atoms with Crippen LogP contribution in [-0.2, 0) is 9.53 Å². The van der Waals surface area contributed by atoms with Crippen LogP contribution >= 0.6 is 0 Å². The Balaban J connectivity index is 2.36. The van der Waals surface area contributed by atoms with Gasteiger partial charge in [0.15, 0.2) is 0 Å². The van der Waals surface area contributed by atoms with E-state index >= 15 is 0 Å². The average molecular weight is 333 g/mol. The number of allylic oxidation sites excluding steroid dienone is 4. The Morgan fingerprint density at radius 1 is 1.21 bits per heavy atom. The van der Waals surface area contributed by atoms with Crippen LogP contribution in [0.1, 0.15) is 79.6 Å². The van der Waals surface area contributed by atoms with E-state index in [0.717, 1.165) is 12.8 Å². The first-order chi connectivity index (χ1) is 11.2. The zero-order chi connectivity index (χ0) is 18.2. The van der Waals surface area contributed by atoms with Crippen molar-refractivity contribution in [2.45, 2.75) is 79.6 Å². The van der Waals surface area contributed by atoms with E-state index in [1.54, 1.807) is 0 Å². The molecule has 2 nitrogen and oxygen atoms in total. The molecule has 1 fully saturated rings. The summed E-state index contributed by atoms with van der Waals surface area (Å²) in [5.74, 6) is 0.446. The van der Waals surface area contributed by atoms with Crippen molar-refractivity contribution in [2.75, 3.05) is 6.61 Å². The highest BCUT2D eigenvalue weighted by atomic mass is 16.5. The van der Waals surface area contributed by atoms with Gasteiger partial charge in [0, 0.05) is 6.92 Å². The molecule has 0 radical (unpaired) electrons. The zero-order valence-corrected chi connectivity index (χ0v) is 16.4. The molecule has 1 rings (SSSR count). The van der Waals surface area contributed by atoms with Gasteiger partial charge in [0.2, 0.25) is 0 Å². The lowest BCUT2D eigenvalue weighted by molar-refractivity contribution is -0.139. The largest absolute Gasteiger partial charge is 0.462 e. The lowest BCUT2D eigenvalue weighted by Gasteiger charge is -2.40. The first-order valence-corrected chi connectivity index (χ1v) is 9.34. The summed E-state index contributed by atoms with van der Waals surface area (Å²) in [6.07, 6.45) is 12.7. The summed E-state index contributed by atoms with van der Waals surface area (Å²) < 4.78 is 4.94. The molecule has 1 atom stereocenters. The van der Waals surface area contributed by atoms with Crippen LogP contribution in [0.2, 0.25) is 0 Å². The zero-order valence-electron chi connectivity index (χ0n) is 16.4. The average Bonchev–Trinajstić information content (AvgIpc) is 2.45. The number of ether oxygens (including phenoxy) is 1. The fourth-order valence-electron chi connectivity index (χ4n) is 3.69. The van der Waals surface area contributed by atoms with Crippen molar-refractivity contribution in [1.82, 2.24) is 0 Å². The van der Waals surface area contributed by atoms with Crippen LogP contribution in [0.25, 0.3) is 0 Å². The van der Waals surface area contributed by atoms with Gasteiger partial charge in [-0.1, -0.05) is 43.2 Å². The third-order valence-corrected chi connectivity index (χ3v) is 5.33. The molecule has 1 aliphatic carbocycles. The predicted octanol–water partition coefficient (Wildman–Crippen LogP) is 6.39. The highest BCUT2D eigenvalue weighted by molar-refractivity contribution is 5.66. The SMILES string of the molecule is C=C1CCCC(C)(C)C1CCC(C)=CCCC(C)=CCOC(C)=O. The van der Waals surface area contributed by atoms with Crippen molar-refractivity contribution in [3.05, 3.63) is 35.5 Å². The maximum absolute atomic E-state index is 10.7. The lowest BCUT2D eigenvalue weighted by atomic mass is 9.65. The second kappa shape index (κ2) is 9.86. The Morgan fingerprint density at radius 3 is 2.50 bits per heavy atom. The van der Waals surface area contributed by atoms with Crippen molar-refractivity contribution in [2.24, 2.45) is 11.3 Å². The fourth-order valence-corrected chi connectivity index (χ4v) is 3.69. The van der Waals surface area contributed by atoms with E-state index in [1.807, 2.05) is 6.08 Å². The second-order valence-electron chi connectivity index (χ2n) is 8.03. The number of hydrogen-bond donors (Lipinski definition) is 0. The maximum atomic E-state index is 10.7. The van der Waals surface area contributed by atoms with E-state index < -0.39 is 0 Å². The number of rotatable bonds is 8. The molecule has 1 unspecified atom stereocenters. The summed E-state index contributed by atoms with van der Waals surface area (Å²) in [7, 11) is 0. The molecule has 0 aromatic heterocycles. The van der Waals surface area contributed by atoms with Gasteiger partial charge in [0.25, 0.3) is 0 Å². The lowest BCUT2D eigenvalue weighted by Crippen LogP contribution is -2.29. The monoisotopic (exact) mass is 332 g/mol. The Hall–Kier alpha value is -1.31. The normalized spacial score (nSPS) is 21.7. The Kier molecular flexibility index (Phi) is 8.52. The summed E-state index contributed by atoms with van der Waals surface area (Å²) >= 11 is 0. The summed E-state index contributed by atoms with van der Waals surface area (Å²) in [5.41, 5.74) is 4.63. The van der Waals surface area contributed by atoms with E-state index in [1.165, 1.54) is 55.7 Å². The molecular formula is C22H36O2. The molecule has 136 valence electrons. The number of carbonyl (C=O) groups excluding carboxylic acids is 1. The molecule has 0 saturated heterocycles. The minimum atomic E-state index is -0.220. The van der Waals surface area contributed by atoms with Crippen LogP contribution in [-0.4, -0.2) is 12.6 Å². The van der Waals surface area contributed by atoms with E-state index in [2.05, 4.69) is 40.3 Å². The van der Waals surface area contributed by atoms with Crippen molar-refractivity contribution in [3.8, 4) is 0 Å². The first kappa shape index (κ1) is 20.7. The van der Waals surface area contributed by atoms with Crippen LogP contribution in [0.3, 0.4) is 0 Å². The van der Waals surface area contributed by atoms with Crippen LogP contribution < -0.4 is 0 Å². The summed E-state index contributed by atoms with van der Waals surface area (Å²) in [5, 5.41) is 0. The van der Waals surface area contributed by atoms with Gasteiger partial charge in [0.1, 0.15) is 6.61 Å². The van der Waals surface area contributed by atoms with Gasteiger partial charge in [-0.25, -0.2) is 0 Å². The third-order valence-electron chi connectivity index (χ3n) is 5.33. The highest BCUT2D eigenvalue weighted by Crippen LogP contribution is 2.45. The van der Waals surface area contributed by atoms with Gasteiger partial charge in [-0.2, -0.15) is 0 Å². The molecule has 0 aliphatic heterocycles. The highest BCUT2D eigenvalue weighted by Gasteiger charge is 2.33.